The molecule has 0 amide bonds. The number of nitrogens with one attached hydrogen (secondary N) is 1. The summed E-state index contributed by atoms with van der Waals surface area (Å²) in [5.74, 6) is 0.770. The average Bonchev–Trinajstić information content (AvgIpc) is 3.02. The van der Waals surface area contributed by atoms with Gasteiger partial charge in [-0.05, 0) is 29.0 Å². The molecule has 0 saturated heterocycles. The summed E-state index contributed by atoms with van der Waals surface area (Å²) in [7, 11) is 2.00. The molecule has 1 heterocycles. The van der Waals surface area contributed by atoms with Crippen molar-refractivity contribution in [2.75, 3.05) is 11.9 Å². The van der Waals surface area contributed by atoms with Crippen molar-refractivity contribution in [3.63, 3.8) is 0 Å². The van der Waals surface area contributed by atoms with Crippen molar-refractivity contribution in [2.45, 2.75) is 6.54 Å². The molecule has 0 atom stereocenters. The number of imidazole rings is 1. The second kappa shape index (κ2) is 5.90. The van der Waals surface area contributed by atoms with Crippen molar-refractivity contribution < 1.29 is 4.92 Å². The maximum atomic E-state index is 10.9. The van der Waals surface area contributed by atoms with Gasteiger partial charge < -0.3 is 9.88 Å². The summed E-state index contributed by atoms with van der Waals surface area (Å²) in [4.78, 5) is 20.3. The summed E-state index contributed by atoms with van der Waals surface area (Å²) in [5.41, 5.74) is 2.55. The highest BCUT2D eigenvalue weighted by Crippen LogP contribution is 2.23. The van der Waals surface area contributed by atoms with Gasteiger partial charge in [-0.15, -0.1) is 0 Å². The van der Waals surface area contributed by atoms with Crippen LogP contribution in [0.15, 0.2) is 60.7 Å². The van der Waals surface area contributed by atoms with Gasteiger partial charge in [0.1, 0.15) is 5.82 Å². The van der Waals surface area contributed by atoms with Crippen LogP contribution in [0.5, 0.6) is 0 Å². The number of fused-ring (bicyclic) bond motifs is 2. The lowest BCUT2D eigenvalue weighted by molar-refractivity contribution is -0.384. The zero-order valence-corrected chi connectivity index (χ0v) is 13.6. The van der Waals surface area contributed by atoms with E-state index in [-0.39, 0.29) is 5.69 Å². The predicted octanol–water partition coefficient (Wildman–Crippen LogP) is 4.26. The van der Waals surface area contributed by atoms with Crippen molar-refractivity contribution in [3.8, 4) is 0 Å². The molecule has 25 heavy (non-hydrogen) atoms. The molecule has 1 aromatic heterocycles. The van der Waals surface area contributed by atoms with Gasteiger partial charge in [0.2, 0.25) is 0 Å². The first-order valence-electron chi connectivity index (χ1n) is 7.93. The molecule has 6 nitrogen and oxygen atoms in total. The van der Waals surface area contributed by atoms with Gasteiger partial charge in [0.05, 0.1) is 22.5 Å². The minimum atomic E-state index is -0.402. The third-order valence-corrected chi connectivity index (χ3v) is 4.29. The molecular weight excluding hydrogens is 316 g/mol. The lowest BCUT2D eigenvalue weighted by atomic mass is 10.1. The zero-order chi connectivity index (χ0) is 17.4. The lowest BCUT2D eigenvalue weighted by Crippen LogP contribution is -2.17. The highest BCUT2D eigenvalue weighted by Gasteiger charge is 2.11. The van der Waals surface area contributed by atoms with Crippen LogP contribution in [-0.4, -0.2) is 21.9 Å². The maximum absolute atomic E-state index is 10.9. The van der Waals surface area contributed by atoms with Crippen LogP contribution in [0, 0.1) is 10.1 Å². The third kappa shape index (κ3) is 2.89. The number of aromatic nitrogens is 2. The number of nitro benzene ring substituents is 1. The number of nitro groups is 1. The van der Waals surface area contributed by atoms with Crippen LogP contribution < -0.4 is 4.90 Å². The van der Waals surface area contributed by atoms with Crippen LogP contribution in [0.1, 0.15) is 5.82 Å². The molecule has 0 aliphatic carbocycles. The van der Waals surface area contributed by atoms with Crippen LogP contribution in [0.25, 0.3) is 21.8 Å². The molecule has 0 fully saturated rings. The molecule has 124 valence electrons. The number of H-pyrrole nitrogens is 1. The standard InChI is InChI=1S/C19H16N4O2/c1-22(15-7-6-13-4-2-3-5-14(13)10-15)12-19-20-17-9-8-16(23(24)25)11-18(17)21-19/h2-11H,12H2,1H3,(H,20,21). The molecule has 0 radical (unpaired) electrons. The van der Waals surface area contributed by atoms with Crippen LogP contribution in [0.3, 0.4) is 0 Å². The molecule has 6 heteroatoms. The van der Waals surface area contributed by atoms with E-state index in [9.17, 15) is 10.1 Å². The fourth-order valence-electron chi connectivity index (χ4n) is 2.97. The number of hydrogen-bond donors (Lipinski definition) is 1. The molecule has 0 aliphatic rings. The quantitative estimate of drug-likeness (QED) is 0.447. The second-order valence-corrected chi connectivity index (χ2v) is 6.03. The molecule has 4 rings (SSSR count). The van der Waals surface area contributed by atoms with Gasteiger partial charge in [0.15, 0.2) is 0 Å². The fourth-order valence-corrected chi connectivity index (χ4v) is 2.97. The van der Waals surface area contributed by atoms with Gasteiger partial charge in [-0.25, -0.2) is 4.98 Å². The van der Waals surface area contributed by atoms with Crippen molar-refractivity contribution in [2.24, 2.45) is 0 Å². The summed E-state index contributed by atoms with van der Waals surface area (Å²) in [6.45, 7) is 0.584. The zero-order valence-electron chi connectivity index (χ0n) is 13.6. The minimum Gasteiger partial charge on any atom is -0.367 e. The highest BCUT2D eigenvalue weighted by molar-refractivity contribution is 5.85. The number of rotatable bonds is 4. The Hall–Kier alpha value is -3.41. The van der Waals surface area contributed by atoms with Crippen LogP contribution in [0.4, 0.5) is 11.4 Å². The van der Waals surface area contributed by atoms with E-state index in [1.54, 1.807) is 6.07 Å². The van der Waals surface area contributed by atoms with Gasteiger partial charge in [0, 0.05) is 24.9 Å². The van der Waals surface area contributed by atoms with Gasteiger partial charge in [-0.3, -0.25) is 10.1 Å². The summed E-state index contributed by atoms with van der Waals surface area (Å²) in [6.07, 6.45) is 0. The number of nitrogens with zero attached hydrogens (tertiary/aromatic N) is 3. The van der Waals surface area contributed by atoms with Crippen molar-refractivity contribution in [1.82, 2.24) is 9.97 Å². The van der Waals surface area contributed by atoms with Gasteiger partial charge in [-0.1, -0.05) is 30.3 Å². The SMILES string of the molecule is CN(Cc1nc2ccc([N+](=O)[O-])cc2[nH]1)c1ccc2ccccc2c1. The Morgan fingerprint density at radius 2 is 1.88 bits per heavy atom. The molecule has 0 spiro atoms. The van der Waals surface area contributed by atoms with E-state index in [0.717, 1.165) is 17.0 Å². The molecule has 0 saturated carbocycles. The Morgan fingerprint density at radius 3 is 2.68 bits per heavy atom. The van der Waals surface area contributed by atoms with E-state index in [4.69, 9.17) is 0 Å². The molecule has 0 bridgehead atoms. The van der Waals surface area contributed by atoms with E-state index in [2.05, 4.69) is 45.2 Å². The molecule has 3 aromatic carbocycles. The van der Waals surface area contributed by atoms with Crippen LogP contribution in [0.2, 0.25) is 0 Å². The first-order chi connectivity index (χ1) is 12.1. The van der Waals surface area contributed by atoms with Gasteiger partial charge >= 0.3 is 0 Å². The van der Waals surface area contributed by atoms with Crippen LogP contribution >= 0.6 is 0 Å². The van der Waals surface area contributed by atoms with Crippen LogP contribution in [-0.2, 0) is 6.54 Å². The molecule has 0 unspecified atom stereocenters. The normalized spacial score (nSPS) is 11.1. The highest BCUT2D eigenvalue weighted by atomic mass is 16.6. The van der Waals surface area contributed by atoms with Crippen molar-refractivity contribution in [1.29, 1.82) is 0 Å². The maximum Gasteiger partial charge on any atom is 0.271 e. The largest absolute Gasteiger partial charge is 0.367 e. The number of anilines is 1. The summed E-state index contributed by atoms with van der Waals surface area (Å²) in [5, 5.41) is 13.3. The Balaban J connectivity index is 1.61. The Labute approximate surface area is 143 Å². The monoisotopic (exact) mass is 332 g/mol. The Kier molecular flexibility index (Phi) is 3.57. The first-order valence-corrected chi connectivity index (χ1v) is 7.93. The fraction of sp³-hybridized carbons (Fsp3) is 0.105. The van der Waals surface area contributed by atoms with E-state index < -0.39 is 4.92 Å². The van der Waals surface area contributed by atoms with E-state index in [0.29, 0.717) is 12.1 Å². The molecule has 4 aromatic rings. The molecule has 1 N–H and O–H groups in total. The predicted molar refractivity (Wildman–Crippen MR) is 98.8 cm³/mol. The second-order valence-electron chi connectivity index (χ2n) is 6.03. The molecular formula is C19H16N4O2. The number of benzene rings is 3. The minimum absolute atomic E-state index is 0.0607. The Morgan fingerprint density at radius 1 is 1.08 bits per heavy atom. The average molecular weight is 332 g/mol. The number of hydrogen-bond acceptors (Lipinski definition) is 4. The van der Waals surface area contributed by atoms with Gasteiger partial charge in [0.25, 0.3) is 5.69 Å². The summed E-state index contributed by atoms with van der Waals surface area (Å²) < 4.78 is 0. The smallest absolute Gasteiger partial charge is 0.271 e. The topological polar surface area (TPSA) is 75.1 Å². The third-order valence-electron chi connectivity index (χ3n) is 4.29. The van der Waals surface area contributed by atoms with Gasteiger partial charge in [-0.2, -0.15) is 0 Å². The lowest BCUT2D eigenvalue weighted by Gasteiger charge is -2.18. The number of aromatic amines is 1. The number of non-ortho nitro benzene ring substituents is 1. The Bertz CT molecular complexity index is 1090. The molecule has 0 aliphatic heterocycles. The van der Waals surface area contributed by atoms with Crippen molar-refractivity contribution >= 4 is 33.2 Å². The van der Waals surface area contributed by atoms with E-state index in [1.807, 2.05) is 19.2 Å². The van der Waals surface area contributed by atoms with E-state index in [1.165, 1.54) is 22.9 Å². The summed E-state index contributed by atoms with van der Waals surface area (Å²) >= 11 is 0. The van der Waals surface area contributed by atoms with Crippen molar-refractivity contribution in [3.05, 3.63) is 76.6 Å². The van der Waals surface area contributed by atoms with E-state index >= 15 is 0 Å². The summed E-state index contributed by atoms with van der Waals surface area (Å²) in [6, 6.07) is 19.2. The first kappa shape index (κ1) is 15.1.